The molecule has 0 spiro atoms. The lowest BCUT2D eigenvalue weighted by molar-refractivity contribution is 0.101. The summed E-state index contributed by atoms with van der Waals surface area (Å²) in [6, 6.07) is 6.90. The van der Waals surface area contributed by atoms with Crippen LogP contribution < -0.4 is 0 Å². The van der Waals surface area contributed by atoms with E-state index in [9.17, 15) is 13.2 Å². The van der Waals surface area contributed by atoms with Crippen LogP contribution in [0.25, 0.3) is 0 Å². The van der Waals surface area contributed by atoms with E-state index in [4.69, 9.17) is 0 Å². The average Bonchev–Trinajstić information content (AvgIpc) is 3.09. The van der Waals surface area contributed by atoms with E-state index in [1.54, 1.807) is 16.4 Å². The molecule has 1 heterocycles. The molecule has 23 heavy (non-hydrogen) atoms. The molecule has 0 atom stereocenters. The minimum Gasteiger partial charge on any atom is -0.298 e. The van der Waals surface area contributed by atoms with Gasteiger partial charge >= 0.3 is 0 Å². The van der Waals surface area contributed by atoms with E-state index in [-0.39, 0.29) is 10.7 Å². The minimum atomic E-state index is -3.46. The van der Waals surface area contributed by atoms with Crippen LogP contribution >= 0.6 is 0 Å². The highest BCUT2D eigenvalue weighted by Crippen LogP contribution is 2.26. The summed E-state index contributed by atoms with van der Waals surface area (Å²) in [6.45, 7) is 4.21. The molecule has 0 radical (unpaired) electrons. The zero-order valence-corrected chi connectivity index (χ0v) is 14.4. The Bertz CT molecular complexity index is 656. The third-order valence-corrected chi connectivity index (χ3v) is 6.93. The molecule has 1 aliphatic heterocycles. The maximum Gasteiger partial charge on any atom is 0.243 e. The SMILES string of the molecule is CC(=O)c1ccc(S(=O)(=O)N2CCN(C3CCCC3)CC2)cc1. The van der Waals surface area contributed by atoms with Gasteiger partial charge < -0.3 is 0 Å². The van der Waals surface area contributed by atoms with Crippen LogP contribution in [0.5, 0.6) is 0 Å². The standard InChI is InChI=1S/C17H24N2O3S/c1-14(20)15-6-8-17(9-7-15)23(21,22)19-12-10-18(11-13-19)16-4-2-3-5-16/h6-9,16H,2-5,10-13H2,1H3. The highest BCUT2D eigenvalue weighted by atomic mass is 32.2. The lowest BCUT2D eigenvalue weighted by Gasteiger charge is -2.37. The topological polar surface area (TPSA) is 57.7 Å². The first kappa shape index (κ1) is 16.6. The first-order chi connectivity index (χ1) is 11.0. The van der Waals surface area contributed by atoms with Crippen LogP contribution in [0.1, 0.15) is 43.0 Å². The molecule has 5 nitrogen and oxygen atoms in total. The van der Waals surface area contributed by atoms with Gasteiger partial charge in [-0.15, -0.1) is 0 Å². The zero-order chi connectivity index (χ0) is 16.4. The van der Waals surface area contributed by atoms with Gasteiger partial charge in [-0.3, -0.25) is 9.69 Å². The van der Waals surface area contributed by atoms with Crippen molar-refractivity contribution in [3.8, 4) is 0 Å². The van der Waals surface area contributed by atoms with Gasteiger partial charge in [-0.25, -0.2) is 8.42 Å². The molecule has 0 aromatic heterocycles. The number of carbonyl (C=O) groups excluding carboxylic acids is 1. The molecule has 1 aliphatic carbocycles. The number of Topliss-reactive ketones (excluding diaryl/α,β-unsaturated/α-hetero) is 1. The molecule has 0 bridgehead atoms. The second-order valence-electron chi connectivity index (χ2n) is 6.46. The molecule has 1 aromatic rings. The van der Waals surface area contributed by atoms with Gasteiger partial charge in [0.2, 0.25) is 10.0 Å². The van der Waals surface area contributed by atoms with Crippen molar-refractivity contribution in [2.75, 3.05) is 26.2 Å². The van der Waals surface area contributed by atoms with E-state index in [1.165, 1.54) is 44.7 Å². The predicted octanol–water partition coefficient (Wildman–Crippen LogP) is 2.14. The average molecular weight is 336 g/mol. The van der Waals surface area contributed by atoms with E-state index in [0.717, 1.165) is 13.1 Å². The maximum atomic E-state index is 12.7. The van der Waals surface area contributed by atoms with Gasteiger partial charge in [-0.2, -0.15) is 4.31 Å². The number of hydrogen-bond donors (Lipinski definition) is 0. The summed E-state index contributed by atoms with van der Waals surface area (Å²) in [5, 5.41) is 0. The Hall–Kier alpha value is -1.24. The molecule has 2 aliphatic rings. The van der Waals surface area contributed by atoms with Crippen LogP contribution in [0, 0.1) is 0 Å². The number of ketones is 1. The van der Waals surface area contributed by atoms with Gasteiger partial charge in [-0.05, 0) is 31.9 Å². The largest absolute Gasteiger partial charge is 0.298 e. The van der Waals surface area contributed by atoms with Gasteiger partial charge in [0.1, 0.15) is 0 Å². The molecule has 1 saturated carbocycles. The summed E-state index contributed by atoms with van der Waals surface area (Å²) in [7, 11) is -3.46. The molecule has 1 saturated heterocycles. The van der Waals surface area contributed by atoms with Gasteiger partial charge in [-0.1, -0.05) is 25.0 Å². The van der Waals surface area contributed by atoms with Crippen LogP contribution in [0.4, 0.5) is 0 Å². The fourth-order valence-corrected chi connectivity index (χ4v) is 5.01. The van der Waals surface area contributed by atoms with Crippen molar-refractivity contribution >= 4 is 15.8 Å². The third-order valence-electron chi connectivity index (χ3n) is 5.01. The number of hydrogen-bond acceptors (Lipinski definition) is 4. The summed E-state index contributed by atoms with van der Waals surface area (Å²) in [4.78, 5) is 14.0. The van der Waals surface area contributed by atoms with E-state index in [2.05, 4.69) is 4.90 Å². The van der Waals surface area contributed by atoms with Crippen molar-refractivity contribution in [1.29, 1.82) is 0 Å². The molecular formula is C17H24N2O3S. The maximum absolute atomic E-state index is 12.7. The second-order valence-corrected chi connectivity index (χ2v) is 8.40. The Morgan fingerprint density at radius 2 is 1.57 bits per heavy atom. The molecule has 6 heteroatoms. The quantitative estimate of drug-likeness (QED) is 0.791. The van der Waals surface area contributed by atoms with E-state index in [0.29, 0.717) is 24.7 Å². The van der Waals surface area contributed by atoms with Crippen LogP contribution in [0.3, 0.4) is 0 Å². The Labute approximate surface area is 138 Å². The fraction of sp³-hybridized carbons (Fsp3) is 0.588. The number of piperazine rings is 1. The van der Waals surface area contributed by atoms with Crippen molar-refractivity contribution in [2.24, 2.45) is 0 Å². The Morgan fingerprint density at radius 1 is 1.00 bits per heavy atom. The van der Waals surface area contributed by atoms with Gasteiger partial charge in [0.05, 0.1) is 4.90 Å². The summed E-state index contributed by atoms with van der Waals surface area (Å²) in [6.07, 6.45) is 5.09. The van der Waals surface area contributed by atoms with Gasteiger partial charge in [0.15, 0.2) is 5.78 Å². The predicted molar refractivity (Wildman–Crippen MR) is 89.0 cm³/mol. The molecule has 0 unspecified atom stereocenters. The summed E-state index contributed by atoms with van der Waals surface area (Å²) < 4.78 is 27.0. The van der Waals surface area contributed by atoms with Crippen LogP contribution in [-0.4, -0.2) is 55.6 Å². The van der Waals surface area contributed by atoms with Crippen LogP contribution in [0.2, 0.25) is 0 Å². The van der Waals surface area contributed by atoms with Crippen molar-refractivity contribution in [2.45, 2.75) is 43.5 Å². The third kappa shape index (κ3) is 3.49. The van der Waals surface area contributed by atoms with Crippen molar-refractivity contribution < 1.29 is 13.2 Å². The van der Waals surface area contributed by atoms with E-state index >= 15 is 0 Å². The van der Waals surface area contributed by atoms with Crippen LogP contribution in [0.15, 0.2) is 29.2 Å². The number of carbonyl (C=O) groups is 1. The highest BCUT2D eigenvalue weighted by molar-refractivity contribution is 7.89. The Morgan fingerprint density at radius 3 is 2.09 bits per heavy atom. The van der Waals surface area contributed by atoms with Gasteiger partial charge in [0, 0.05) is 37.8 Å². The molecule has 126 valence electrons. The molecular weight excluding hydrogens is 312 g/mol. The molecule has 0 amide bonds. The lowest BCUT2D eigenvalue weighted by Crippen LogP contribution is -2.51. The van der Waals surface area contributed by atoms with Crippen molar-refractivity contribution in [1.82, 2.24) is 9.21 Å². The Balaban J connectivity index is 1.67. The molecule has 1 aromatic carbocycles. The molecule has 3 rings (SSSR count). The van der Waals surface area contributed by atoms with E-state index in [1.807, 2.05) is 0 Å². The summed E-state index contributed by atoms with van der Waals surface area (Å²) >= 11 is 0. The normalized spacial score (nSPS) is 21.6. The summed E-state index contributed by atoms with van der Waals surface area (Å²) in [5.41, 5.74) is 0.537. The summed E-state index contributed by atoms with van der Waals surface area (Å²) in [5.74, 6) is -0.0564. The van der Waals surface area contributed by atoms with Gasteiger partial charge in [0.25, 0.3) is 0 Å². The fourth-order valence-electron chi connectivity index (χ4n) is 3.59. The van der Waals surface area contributed by atoms with E-state index < -0.39 is 10.0 Å². The van der Waals surface area contributed by atoms with Crippen molar-refractivity contribution in [3.63, 3.8) is 0 Å². The number of sulfonamides is 1. The second kappa shape index (κ2) is 6.71. The van der Waals surface area contributed by atoms with Crippen LogP contribution in [-0.2, 0) is 10.0 Å². The zero-order valence-electron chi connectivity index (χ0n) is 13.6. The first-order valence-corrected chi connectivity index (χ1v) is 9.78. The smallest absolute Gasteiger partial charge is 0.243 e. The molecule has 2 fully saturated rings. The number of nitrogens with zero attached hydrogens (tertiary/aromatic N) is 2. The monoisotopic (exact) mass is 336 g/mol. The lowest BCUT2D eigenvalue weighted by atomic mass is 10.2. The number of benzene rings is 1. The highest BCUT2D eigenvalue weighted by Gasteiger charge is 2.31. The first-order valence-electron chi connectivity index (χ1n) is 8.34. The molecule has 0 N–H and O–H groups in total. The minimum absolute atomic E-state index is 0.0564. The Kier molecular flexibility index (Phi) is 4.85. The van der Waals surface area contributed by atoms with Crippen molar-refractivity contribution in [3.05, 3.63) is 29.8 Å². The number of rotatable bonds is 4.